The molecule has 1 aliphatic rings. The Morgan fingerprint density at radius 1 is 1.25 bits per heavy atom. The zero-order chi connectivity index (χ0) is 14.3. The Hall–Kier alpha value is -1.33. The van der Waals surface area contributed by atoms with Gasteiger partial charge >= 0.3 is 4.87 Å². The molecule has 0 bridgehead atoms. The van der Waals surface area contributed by atoms with Crippen LogP contribution >= 0.6 is 23.1 Å². The van der Waals surface area contributed by atoms with E-state index in [2.05, 4.69) is 29.2 Å². The van der Waals surface area contributed by atoms with Gasteiger partial charge in [0, 0.05) is 22.0 Å². The Balaban J connectivity index is 2.15. The molecule has 20 heavy (non-hydrogen) atoms. The zero-order valence-electron chi connectivity index (χ0n) is 11.3. The third kappa shape index (κ3) is 2.25. The first-order chi connectivity index (χ1) is 9.60. The molecule has 0 saturated carbocycles. The molecule has 0 spiro atoms. The highest BCUT2D eigenvalue weighted by Crippen LogP contribution is 2.47. The second kappa shape index (κ2) is 5.22. The van der Waals surface area contributed by atoms with Gasteiger partial charge in [0.25, 0.3) is 0 Å². The number of hydrogen-bond donors (Lipinski definition) is 1. The summed E-state index contributed by atoms with van der Waals surface area (Å²) in [6, 6.07) is 8.23. The molecule has 0 amide bonds. The molecule has 0 unspecified atom stereocenters. The van der Waals surface area contributed by atoms with Gasteiger partial charge < -0.3 is 9.78 Å². The van der Waals surface area contributed by atoms with Crippen LogP contribution < -0.4 is 4.87 Å². The van der Waals surface area contributed by atoms with Crippen LogP contribution in [0.15, 0.2) is 34.1 Å². The molecule has 5 heteroatoms. The van der Waals surface area contributed by atoms with Crippen LogP contribution in [0.2, 0.25) is 0 Å². The first-order valence-electron chi connectivity index (χ1n) is 6.51. The summed E-state index contributed by atoms with van der Waals surface area (Å²) < 4.78 is 0. The van der Waals surface area contributed by atoms with E-state index in [1.807, 2.05) is 13.8 Å². The van der Waals surface area contributed by atoms with E-state index in [1.54, 1.807) is 11.8 Å². The van der Waals surface area contributed by atoms with Crippen molar-refractivity contribution in [2.45, 2.75) is 30.0 Å². The Morgan fingerprint density at radius 3 is 2.60 bits per heavy atom. The highest BCUT2D eigenvalue weighted by molar-refractivity contribution is 8.00. The van der Waals surface area contributed by atoms with Gasteiger partial charge in [0.15, 0.2) is 0 Å². The summed E-state index contributed by atoms with van der Waals surface area (Å²) in [5.41, 5.74) is 2.30. The highest BCUT2D eigenvalue weighted by atomic mass is 32.2. The Labute approximate surface area is 125 Å². The van der Waals surface area contributed by atoms with Crippen LogP contribution in [0.25, 0.3) is 0 Å². The van der Waals surface area contributed by atoms with Gasteiger partial charge in [-0.25, -0.2) is 0 Å². The van der Waals surface area contributed by atoms with Gasteiger partial charge in [0.2, 0.25) is 0 Å². The van der Waals surface area contributed by atoms with Crippen molar-refractivity contribution < 1.29 is 4.79 Å². The summed E-state index contributed by atoms with van der Waals surface area (Å²) in [6.07, 6.45) is 1.04. The monoisotopic (exact) mass is 305 g/mol. The molecule has 3 nitrogen and oxygen atoms in total. The number of H-pyrrole nitrogens is 1. The predicted octanol–water partition coefficient (Wildman–Crippen LogP) is 3.19. The smallest absolute Gasteiger partial charge is 0.305 e. The number of aryl methyl sites for hydroxylation is 1. The third-order valence-corrected chi connectivity index (χ3v) is 6.09. The molecule has 0 aliphatic carbocycles. The summed E-state index contributed by atoms with van der Waals surface area (Å²) in [5.74, 6) is -0.107. The van der Waals surface area contributed by atoms with Crippen LogP contribution in [-0.4, -0.2) is 16.5 Å². The van der Waals surface area contributed by atoms with Crippen molar-refractivity contribution in [1.29, 1.82) is 0 Å². The maximum atomic E-state index is 11.7. The van der Waals surface area contributed by atoms with Gasteiger partial charge in [-0.3, -0.25) is 4.79 Å². The van der Waals surface area contributed by atoms with Crippen LogP contribution in [0.1, 0.15) is 28.8 Å². The number of benzene rings is 1. The van der Waals surface area contributed by atoms with Gasteiger partial charge in [-0.15, -0.1) is 11.8 Å². The Morgan fingerprint density at radius 2 is 1.95 bits per heavy atom. The number of rotatable bonds is 2. The van der Waals surface area contributed by atoms with Crippen molar-refractivity contribution in [2.24, 2.45) is 5.92 Å². The second-order valence-electron chi connectivity index (χ2n) is 5.13. The minimum Gasteiger partial charge on any atom is -0.307 e. The topological polar surface area (TPSA) is 49.9 Å². The average Bonchev–Trinajstić information content (AvgIpc) is 2.78. The molecular weight excluding hydrogens is 290 g/mol. The lowest BCUT2D eigenvalue weighted by Crippen LogP contribution is -2.28. The number of aldehydes is 1. The maximum Gasteiger partial charge on any atom is 0.305 e. The lowest BCUT2D eigenvalue weighted by Gasteiger charge is -2.32. The van der Waals surface area contributed by atoms with Crippen molar-refractivity contribution in [1.82, 2.24) is 4.98 Å². The van der Waals surface area contributed by atoms with Crippen LogP contribution in [0, 0.1) is 12.8 Å². The van der Waals surface area contributed by atoms with Crippen LogP contribution in [0.5, 0.6) is 0 Å². The fourth-order valence-electron chi connectivity index (χ4n) is 2.67. The first kappa shape index (κ1) is 13.6. The number of fused-ring (bicyclic) bond motifs is 1. The van der Waals surface area contributed by atoms with E-state index >= 15 is 0 Å². The van der Waals surface area contributed by atoms with Crippen LogP contribution in [0.4, 0.5) is 0 Å². The van der Waals surface area contributed by atoms with Gasteiger partial charge in [-0.05, 0) is 12.5 Å². The summed E-state index contributed by atoms with van der Waals surface area (Å²) in [6.45, 7) is 4.09. The van der Waals surface area contributed by atoms with Gasteiger partial charge in [0.05, 0.1) is 5.03 Å². The Kier molecular flexibility index (Phi) is 3.56. The van der Waals surface area contributed by atoms with E-state index in [0.717, 1.165) is 21.8 Å². The lowest BCUT2D eigenvalue weighted by atomic mass is 9.83. The number of nitrogens with one attached hydrogen (secondary N) is 1. The number of aromatic amines is 1. The highest BCUT2D eigenvalue weighted by Gasteiger charge is 2.38. The van der Waals surface area contributed by atoms with E-state index in [9.17, 15) is 9.59 Å². The molecule has 1 aromatic carbocycles. The van der Waals surface area contributed by atoms with E-state index in [-0.39, 0.29) is 22.0 Å². The minimum absolute atomic E-state index is 0.0108. The summed E-state index contributed by atoms with van der Waals surface area (Å²) in [4.78, 5) is 27.0. The van der Waals surface area contributed by atoms with Crippen LogP contribution in [0.3, 0.4) is 0 Å². The Bertz CT molecular complexity index is 687. The van der Waals surface area contributed by atoms with E-state index in [1.165, 1.54) is 16.9 Å². The third-order valence-electron chi connectivity index (χ3n) is 3.75. The molecule has 3 atom stereocenters. The number of thioether (sulfide) groups is 1. The molecule has 2 heterocycles. The molecule has 0 fully saturated rings. The largest absolute Gasteiger partial charge is 0.307 e. The minimum atomic E-state index is -0.0957. The number of carbonyl (C=O) groups excluding carboxylic acids is 1. The van der Waals surface area contributed by atoms with Crippen LogP contribution in [-0.2, 0) is 4.79 Å². The first-order valence-corrected chi connectivity index (χ1v) is 8.21. The fourth-order valence-corrected chi connectivity index (χ4v) is 5.06. The summed E-state index contributed by atoms with van der Waals surface area (Å²) in [5, 5.41) is 1.09. The number of thiazole rings is 1. The van der Waals surface area contributed by atoms with E-state index in [4.69, 9.17) is 0 Å². The molecule has 1 N–H and O–H groups in total. The van der Waals surface area contributed by atoms with Gasteiger partial charge in [-0.1, -0.05) is 48.1 Å². The molecule has 0 saturated heterocycles. The van der Waals surface area contributed by atoms with Crippen molar-refractivity contribution in [3.63, 3.8) is 0 Å². The quantitative estimate of drug-likeness (QED) is 0.867. The van der Waals surface area contributed by atoms with Crippen molar-refractivity contribution in [2.75, 3.05) is 0 Å². The molecular formula is C15H15NO2S2. The maximum absolute atomic E-state index is 11.7. The van der Waals surface area contributed by atoms with Gasteiger partial charge in [-0.2, -0.15) is 0 Å². The molecule has 1 aromatic heterocycles. The SMILES string of the molecule is Cc1ccc([C@@H]2c3sc(=O)[nH]c3S[C@H](C)[C@H]2C=O)cc1. The average molecular weight is 305 g/mol. The number of aromatic nitrogens is 1. The van der Waals surface area contributed by atoms with Crippen molar-refractivity contribution in [3.05, 3.63) is 49.9 Å². The lowest BCUT2D eigenvalue weighted by molar-refractivity contribution is -0.111. The zero-order valence-corrected chi connectivity index (χ0v) is 12.9. The second-order valence-corrected chi connectivity index (χ2v) is 7.53. The number of carbonyl (C=O) groups is 1. The molecule has 104 valence electrons. The molecule has 1 aliphatic heterocycles. The fraction of sp³-hybridized carbons (Fsp3) is 0.333. The molecule has 3 rings (SSSR count). The summed E-state index contributed by atoms with van der Waals surface area (Å²) >= 11 is 2.82. The van der Waals surface area contributed by atoms with E-state index in [0.29, 0.717) is 0 Å². The number of hydrogen-bond acceptors (Lipinski definition) is 4. The standard InChI is InChI=1S/C15H15NO2S2/c1-8-3-5-10(6-4-8)12-11(7-17)9(2)19-14-13(12)20-15(18)16-14/h3-7,9,11-12H,1-2H3,(H,16,18)/t9-,11-,12+/m1/s1. The van der Waals surface area contributed by atoms with Gasteiger partial charge in [0.1, 0.15) is 6.29 Å². The van der Waals surface area contributed by atoms with E-state index < -0.39 is 0 Å². The summed E-state index contributed by atoms with van der Waals surface area (Å²) in [7, 11) is 0. The molecule has 2 aromatic rings. The van der Waals surface area contributed by atoms with Crippen molar-refractivity contribution >= 4 is 29.4 Å². The normalized spacial score (nSPS) is 25.2. The predicted molar refractivity (Wildman–Crippen MR) is 82.8 cm³/mol. The van der Waals surface area contributed by atoms with Crippen molar-refractivity contribution in [3.8, 4) is 0 Å². The molecule has 0 radical (unpaired) electrons.